The molecule has 2 aliphatic rings. The zero-order valence-corrected chi connectivity index (χ0v) is 15.9. The van der Waals surface area contributed by atoms with Crippen molar-refractivity contribution in [2.75, 3.05) is 0 Å². The molecule has 138 valence electrons. The molecule has 0 fully saturated rings. The third-order valence-corrected chi connectivity index (χ3v) is 6.98. The quantitative estimate of drug-likeness (QED) is 0.393. The molecule has 28 heavy (non-hydrogen) atoms. The lowest BCUT2D eigenvalue weighted by molar-refractivity contribution is -0.384. The number of benzene rings is 3. The number of rotatable bonds is 2. The molecule has 4 nitrogen and oxygen atoms in total. The van der Waals surface area contributed by atoms with Gasteiger partial charge in [0.1, 0.15) is 0 Å². The van der Waals surface area contributed by atoms with Crippen molar-refractivity contribution in [2.24, 2.45) is 10.9 Å². The summed E-state index contributed by atoms with van der Waals surface area (Å²) < 4.78 is 0. The van der Waals surface area contributed by atoms with E-state index < -0.39 is 0 Å². The van der Waals surface area contributed by atoms with Crippen molar-refractivity contribution in [1.29, 1.82) is 0 Å². The predicted octanol–water partition coefficient (Wildman–Crippen LogP) is 6.13. The van der Waals surface area contributed by atoms with Crippen LogP contribution in [-0.2, 0) is 6.42 Å². The van der Waals surface area contributed by atoms with Crippen LogP contribution in [0.15, 0.2) is 82.7 Å². The summed E-state index contributed by atoms with van der Waals surface area (Å²) in [5.74, 6) is 0.272. The van der Waals surface area contributed by atoms with Gasteiger partial charge in [0.2, 0.25) is 0 Å². The van der Waals surface area contributed by atoms with Gasteiger partial charge < -0.3 is 0 Å². The van der Waals surface area contributed by atoms with Gasteiger partial charge in [0.25, 0.3) is 5.69 Å². The molecule has 3 aromatic rings. The highest BCUT2D eigenvalue weighted by molar-refractivity contribution is 7.99. The van der Waals surface area contributed by atoms with Gasteiger partial charge in [-0.1, -0.05) is 48.5 Å². The van der Waals surface area contributed by atoms with Crippen LogP contribution in [0.25, 0.3) is 0 Å². The van der Waals surface area contributed by atoms with Crippen LogP contribution in [0.5, 0.6) is 0 Å². The van der Waals surface area contributed by atoms with E-state index in [1.165, 1.54) is 11.1 Å². The van der Waals surface area contributed by atoms with Gasteiger partial charge in [-0.3, -0.25) is 15.1 Å². The molecule has 0 amide bonds. The minimum atomic E-state index is -0.344. The molecule has 0 radical (unpaired) electrons. The lowest BCUT2D eigenvalue weighted by Gasteiger charge is -2.31. The summed E-state index contributed by atoms with van der Waals surface area (Å²) in [6.45, 7) is 0. The van der Waals surface area contributed by atoms with Crippen molar-refractivity contribution in [3.63, 3.8) is 0 Å². The van der Waals surface area contributed by atoms with Crippen LogP contribution in [0.1, 0.15) is 28.4 Å². The summed E-state index contributed by atoms with van der Waals surface area (Å²) >= 11 is 1.82. The van der Waals surface area contributed by atoms with E-state index in [2.05, 4.69) is 36.4 Å². The molecular formula is C23H18N2O2S. The number of aryl methyl sites for hydroxylation is 1. The number of thioether (sulfide) groups is 1. The molecule has 5 rings (SSSR count). The fourth-order valence-corrected chi connectivity index (χ4v) is 5.55. The number of nitro benzene ring substituents is 1. The number of hydrogen-bond acceptors (Lipinski definition) is 4. The number of nitro groups is 1. The highest BCUT2D eigenvalue weighted by Gasteiger charge is 2.35. The van der Waals surface area contributed by atoms with Gasteiger partial charge in [-0.05, 0) is 41.7 Å². The Kier molecular flexibility index (Phi) is 4.24. The molecule has 2 atom stereocenters. The van der Waals surface area contributed by atoms with E-state index in [1.54, 1.807) is 12.1 Å². The molecule has 0 bridgehead atoms. The van der Waals surface area contributed by atoms with Crippen molar-refractivity contribution < 1.29 is 4.92 Å². The van der Waals surface area contributed by atoms with Gasteiger partial charge >= 0.3 is 0 Å². The average Bonchev–Trinajstić information content (AvgIpc) is 2.91. The molecular weight excluding hydrogens is 368 g/mol. The summed E-state index contributed by atoms with van der Waals surface area (Å²) in [6.07, 6.45) is 2.05. The summed E-state index contributed by atoms with van der Waals surface area (Å²) in [6, 6.07) is 23.8. The number of para-hydroxylation sites is 1. The highest BCUT2D eigenvalue weighted by atomic mass is 32.2. The smallest absolute Gasteiger partial charge is 0.258 e. The first kappa shape index (κ1) is 17.2. The first-order valence-electron chi connectivity index (χ1n) is 9.37. The molecule has 0 aromatic heterocycles. The van der Waals surface area contributed by atoms with Crippen LogP contribution < -0.4 is 0 Å². The molecule has 0 spiro atoms. The Morgan fingerprint density at radius 3 is 2.54 bits per heavy atom. The minimum absolute atomic E-state index is 0.130. The van der Waals surface area contributed by atoms with E-state index in [1.807, 2.05) is 36.0 Å². The third-order valence-electron chi connectivity index (χ3n) is 5.53. The second-order valence-electron chi connectivity index (χ2n) is 7.15. The van der Waals surface area contributed by atoms with E-state index in [9.17, 15) is 10.1 Å². The summed E-state index contributed by atoms with van der Waals surface area (Å²) in [5.41, 5.74) is 5.98. The fourth-order valence-electron chi connectivity index (χ4n) is 4.16. The Labute approximate surface area is 167 Å². The maximum atomic E-state index is 11.1. The van der Waals surface area contributed by atoms with Crippen molar-refractivity contribution in [2.45, 2.75) is 23.0 Å². The van der Waals surface area contributed by atoms with Crippen LogP contribution >= 0.6 is 11.8 Å². The summed E-state index contributed by atoms with van der Waals surface area (Å²) in [4.78, 5) is 17.0. The lowest BCUT2D eigenvalue weighted by atomic mass is 9.78. The van der Waals surface area contributed by atoms with Gasteiger partial charge in [-0.2, -0.15) is 0 Å². The number of hydrogen-bond donors (Lipinski definition) is 0. The number of fused-ring (bicyclic) bond motifs is 4. The Balaban J connectivity index is 1.65. The molecule has 0 saturated carbocycles. The number of nitrogens with zero attached hydrogens (tertiary/aromatic N) is 2. The standard InChI is InChI=1S/C23H18N2O2S/c26-25(27)17-12-9-16(10-13-17)23-19-14-11-15-5-1-2-6-18(15)22(19)24-20-7-3-4-8-21(20)28-23/h1-10,12-13,19,23H,11,14H2. The van der Waals surface area contributed by atoms with Gasteiger partial charge in [0.05, 0.1) is 16.3 Å². The lowest BCUT2D eigenvalue weighted by Crippen LogP contribution is -2.27. The topological polar surface area (TPSA) is 55.5 Å². The predicted molar refractivity (Wildman–Crippen MR) is 113 cm³/mol. The Morgan fingerprint density at radius 2 is 1.71 bits per heavy atom. The van der Waals surface area contributed by atoms with Crippen LogP contribution in [0.4, 0.5) is 11.4 Å². The first-order valence-corrected chi connectivity index (χ1v) is 10.3. The van der Waals surface area contributed by atoms with Crippen molar-refractivity contribution in [3.05, 3.63) is 99.6 Å². The Morgan fingerprint density at radius 1 is 0.964 bits per heavy atom. The van der Waals surface area contributed by atoms with Crippen LogP contribution in [0.2, 0.25) is 0 Å². The number of aliphatic imine (C=N–C) groups is 1. The van der Waals surface area contributed by atoms with E-state index in [0.717, 1.165) is 34.7 Å². The first-order chi connectivity index (χ1) is 13.7. The molecule has 1 aliphatic heterocycles. The maximum absolute atomic E-state index is 11.1. The van der Waals surface area contributed by atoms with Gasteiger partial charge in [0.15, 0.2) is 0 Å². The molecule has 0 saturated heterocycles. The monoisotopic (exact) mass is 386 g/mol. The minimum Gasteiger partial charge on any atom is -0.258 e. The van der Waals surface area contributed by atoms with Crippen LogP contribution in [0.3, 0.4) is 0 Å². The molecule has 5 heteroatoms. The average molecular weight is 386 g/mol. The van der Waals surface area contributed by atoms with E-state index >= 15 is 0 Å². The van der Waals surface area contributed by atoms with E-state index in [0.29, 0.717) is 0 Å². The summed E-state index contributed by atoms with van der Waals surface area (Å²) in [7, 11) is 0. The zero-order chi connectivity index (χ0) is 19.1. The largest absolute Gasteiger partial charge is 0.269 e. The number of non-ortho nitro benzene ring substituents is 1. The van der Waals surface area contributed by atoms with Crippen molar-refractivity contribution in [3.8, 4) is 0 Å². The second kappa shape index (κ2) is 6.91. The van der Waals surface area contributed by atoms with Crippen molar-refractivity contribution in [1.82, 2.24) is 0 Å². The van der Waals surface area contributed by atoms with Crippen LogP contribution in [0, 0.1) is 16.0 Å². The summed E-state index contributed by atoms with van der Waals surface area (Å²) in [5, 5.41) is 11.2. The highest BCUT2D eigenvalue weighted by Crippen LogP contribution is 2.51. The maximum Gasteiger partial charge on any atom is 0.269 e. The van der Waals surface area contributed by atoms with Gasteiger partial charge in [-0.25, -0.2) is 0 Å². The fraction of sp³-hybridized carbons (Fsp3) is 0.174. The molecule has 2 unspecified atom stereocenters. The molecule has 0 N–H and O–H groups in total. The third kappa shape index (κ3) is 2.92. The molecule has 3 aromatic carbocycles. The van der Waals surface area contributed by atoms with E-state index in [-0.39, 0.29) is 21.8 Å². The Hall–Kier alpha value is -2.92. The second-order valence-corrected chi connectivity index (χ2v) is 8.34. The normalized spacial score (nSPS) is 20.2. The van der Waals surface area contributed by atoms with E-state index in [4.69, 9.17) is 4.99 Å². The molecule has 1 heterocycles. The zero-order valence-electron chi connectivity index (χ0n) is 15.1. The van der Waals surface area contributed by atoms with Gasteiger partial charge in [-0.15, -0.1) is 11.8 Å². The molecule has 1 aliphatic carbocycles. The SMILES string of the molecule is O=[N+]([O-])c1ccc(C2Sc3ccccc3N=C3c4ccccc4CCC32)cc1. The van der Waals surface area contributed by atoms with Crippen LogP contribution in [-0.4, -0.2) is 10.6 Å². The van der Waals surface area contributed by atoms with Gasteiger partial charge in [0, 0.05) is 28.2 Å². The Bertz CT molecular complexity index is 1090. The van der Waals surface area contributed by atoms with Crippen molar-refractivity contribution >= 4 is 28.8 Å².